The minimum Gasteiger partial charge on any atom is -0.388 e. The van der Waals surface area contributed by atoms with Gasteiger partial charge in [-0.05, 0) is 5.56 Å². The highest BCUT2D eigenvalue weighted by atomic mass is 32.5. The maximum Gasteiger partial charge on any atom is 0.422 e. The summed E-state index contributed by atoms with van der Waals surface area (Å²) >= 11 is 0. The lowest BCUT2D eigenvalue weighted by molar-refractivity contribution is -0.0167. The highest BCUT2D eigenvalue weighted by molar-refractivity contribution is 8.60. The number of hydrogen-bond acceptors (Lipinski definition) is 7. The van der Waals surface area contributed by atoms with Gasteiger partial charge in [0.2, 0.25) is 0 Å². The van der Waals surface area contributed by atoms with E-state index in [0.29, 0.717) is 0 Å². The molecule has 1 aromatic carbocycles. The largest absolute Gasteiger partial charge is 0.422 e. The molecule has 2 rings (SSSR count). The molecule has 0 aromatic heterocycles. The summed E-state index contributed by atoms with van der Waals surface area (Å²) in [6, 6.07) is 8.83. The fourth-order valence-corrected chi connectivity index (χ4v) is 7.81. The van der Waals surface area contributed by atoms with Crippen LogP contribution >= 0.6 is 21.3 Å². The van der Waals surface area contributed by atoms with Gasteiger partial charge in [-0.15, -0.1) is 0 Å². The maximum absolute atomic E-state index is 11.7. The molecule has 1 aliphatic heterocycles. The second-order valence-electron chi connectivity index (χ2n) is 5.70. The third-order valence-corrected chi connectivity index (χ3v) is 14.1. The summed E-state index contributed by atoms with van der Waals surface area (Å²) in [5.74, 6) is 0. The lowest BCUT2D eigenvalue weighted by Crippen LogP contribution is -2.34. The van der Waals surface area contributed by atoms with E-state index in [0.717, 1.165) is 5.56 Å². The van der Waals surface area contributed by atoms with Crippen LogP contribution in [0.4, 0.5) is 0 Å². The Morgan fingerprint density at radius 1 is 0.923 bits per heavy atom. The molecule has 14 heteroatoms. The zero-order chi connectivity index (χ0) is 19.8. The number of hydrogen-bond donors (Lipinski definition) is 6. The molecule has 0 amide bonds. The van der Waals surface area contributed by atoms with Gasteiger partial charge in [0.05, 0.1) is 12.7 Å². The van der Waals surface area contributed by atoms with Gasteiger partial charge in [-0.3, -0.25) is 9.09 Å². The van der Waals surface area contributed by atoms with Crippen molar-refractivity contribution in [3.63, 3.8) is 0 Å². The van der Waals surface area contributed by atoms with Gasteiger partial charge in [0, 0.05) is 6.42 Å². The Morgan fingerprint density at radius 2 is 1.46 bits per heavy atom. The van der Waals surface area contributed by atoms with Gasteiger partial charge in [-0.25, -0.2) is 9.13 Å². The van der Waals surface area contributed by atoms with Crippen LogP contribution in [0.3, 0.4) is 0 Å². The molecule has 6 N–H and O–H groups in total. The fourth-order valence-electron chi connectivity index (χ4n) is 2.37. The van der Waals surface area contributed by atoms with E-state index in [2.05, 4.69) is 4.52 Å². The average molecular weight is 432 g/mol. The Labute approximate surface area is 148 Å². The third-order valence-electron chi connectivity index (χ3n) is 3.82. The number of rotatable bonds is 7. The smallest absolute Gasteiger partial charge is 0.388 e. The standard InChI is InChI=1S/C12H19O11P3/c13-11-9(6-8-4-2-1-3-5-8)23-10(12(11)14)7-22-25(18,19)26(20,21)24(15,16)17/h1-5,9-14H,6-7H2,(H,18,19)(H,20,21)(H2,15,16,17)/t9-,10+,11-,12+/m0/s1. The van der Waals surface area contributed by atoms with Crippen LogP contribution in [0.1, 0.15) is 5.56 Å². The molecule has 1 heterocycles. The molecule has 1 aliphatic rings. The van der Waals surface area contributed by atoms with Crippen LogP contribution in [0.15, 0.2) is 30.3 Å². The highest BCUT2D eigenvalue weighted by Gasteiger charge is 2.58. The molecule has 6 atom stereocenters. The van der Waals surface area contributed by atoms with Crippen LogP contribution in [-0.2, 0) is 29.4 Å². The average Bonchev–Trinajstić information content (AvgIpc) is 2.81. The van der Waals surface area contributed by atoms with Gasteiger partial charge < -0.3 is 34.5 Å². The lowest BCUT2D eigenvalue weighted by Gasteiger charge is -2.21. The molecule has 0 radical (unpaired) electrons. The van der Waals surface area contributed by atoms with Gasteiger partial charge in [0.15, 0.2) is 0 Å². The minimum atomic E-state index is -5.89. The number of benzene rings is 1. The Hall–Kier alpha value is -0.410. The quantitative estimate of drug-likeness (QED) is 0.323. The first-order valence-electron chi connectivity index (χ1n) is 7.29. The topological polar surface area (TPSA) is 191 Å². The van der Waals surface area contributed by atoms with E-state index in [4.69, 9.17) is 14.5 Å². The highest BCUT2D eigenvalue weighted by Crippen LogP contribution is 2.94. The van der Waals surface area contributed by atoms with Crippen molar-refractivity contribution >= 4 is 21.3 Å². The first kappa shape index (κ1) is 21.9. The van der Waals surface area contributed by atoms with Gasteiger partial charge in [-0.1, -0.05) is 30.3 Å². The molecule has 1 aromatic rings. The van der Waals surface area contributed by atoms with E-state index in [1.807, 2.05) is 0 Å². The van der Waals surface area contributed by atoms with Crippen LogP contribution in [0, 0.1) is 0 Å². The van der Waals surface area contributed by atoms with Gasteiger partial charge >= 0.3 is 21.3 Å². The van der Waals surface area contributed by atoms with Crippen molar-refractivity contribution in [3.05, 3.63) is 35.9 Å². The summed E-state index contributed by atoms with van der Waals surface area (Å²) in [4.78, 5) is 36.1. The predicted octanol–water partition coefficient (Wildman–Crippen LogP) is 0.198. The van der Waals surface area contributed by atoms with Crippen LogP contribution in [0.5, 0.6) is 0 Å². The van der Waals surface area contributed by atoms with Gasteiger partial charge in [0.25, 0.3) is 0 Å². The molecule has 11 nitrogen and oxygen atoms in total. The van der Waals surface area contributed by atoms with Crippen LogP contribution in [0.25, 0.3) is 0 Å². The zero-order valence-electron chi connectivity index (χ0n) is 13.2. The summed E-state index contributed by atoms with van der Waals surface area (Å²) in [5.41, 5.74) is 0.791. The molecule has 148 valence electrons. The van der Waals surface area contributed by atoms with Crippen molar-refractivity contribution in [1.29, 1.82) is 0 Å². The predicted molar refractivity (Wildman–Crippen MR) is 88.5 cm³/mol. The summed E-state index contributed by atoms with van der Waals surface area (Å²) in [5, 5.41) is 20.0. The lowest BCUT2D eigenvalue weighted by atomic mass is 10.0. The Morgan fingerprint density at radius 3 is 2.00 bits per heavy atom. The molecule has 1 fully saturated rings. The number of aliphatic hydroxyl groups excluding tert-OH is 2. The van der Waals surface area contributed by atoms with E-state index >= 15 is 0 Å². The zero-order valence-corrected chi connectivity index (χ0v) is 15.9. The fraction of sp³-hybridized carbons (Fsp3) is 0.500. The van der Waals surface area contributed by atoms with E-state index < -0.39 is 52.3 Å². The summed E-state index contributed by atoms with van der Waals surface area (Å²) in [6.45, 7) is -6.81. The summed E-state index contributed by atoms with van der Waals surface area (Å²) in [7, 11) is -11.4. The van der Waals surface area contributed by atoms with Crippen LogP contribution in [-0.4, -0.2) is 60.8 Å². The van der Waals surface area contributed by atoms with Crippen molar-refractivity contribution in [1.82, 2.24) is 0 Å². The molecule has 0 spiro atoms. The van der Waals surface area contributed by atoms with Crippen molar-refractivity contribution in [2.24, 2.45) is 0 Å². The number of aliphatic hydroxyl groups is 2. The molecule has 0 bridgehead atoms. The second-order valence-corrected chi connectivity index (χ2v) is 16.3. The van der Waals surface area contributed by atoms with E-state index in [9.17, 15) is 33.7 Å². The van der Waals surface area contributed by atoms with Crippen LogP contribution in [0.2, 0.25) is 0 Å². The van der Waals surface area contributed by atoms with Gasteiger partial charge in [0.1, 0.15) is 18.3 Å². The third kappa shape index (κ3) is 4.52. The number of ether oxygens (including phenoxy) is 1. The monoisotopic (exact) mass is 432 g/mol. The second kappa shape index (κ2) is 7.91. The Balaban J connectivity index is 2.03. The molecule has 2 unspecified atom stereocenters. The molecule has 0 saturated carbocycles. The maximum atomic E-state index is 11.7. The molecule has 26 heavy (non-hydrogen) atoms. The van der Waals surface area contributed by atoms with Crippen LogP contribution < -0.4 is 0 Å². The Bertz CT molecular complexity index is 763. The first-order valence-corrected chi connectivity index (χ1v) is 13.5. The van der Waals surface area contributed by atoms with E-state index in [1.165, 1.54) is 0 Å². The molecule has 0 aliphatic carbocycles. The Kier molecular flexibility index (Phi) is 6.66. The van der Waals surface area contributed by atoms with Crippen molar-refractivity contribution in [2.45, 2.75) is 30.8 Å². The molecular formula is C12H19O11P3. The summed E-state index contributed by atoms with van der Waals surface area (Å²) < 4.78 is 43.9. The van der Waals surface area contributed by atoms with Crippen molar-refractivity contribution < 1.29 is 52.7 Å². The first-order chi connectivity index (χ1) is 11.9. The normalized spacial score (nSPS) is 31.3. The minimum absolute atomic E-state index is 0.216. The van der Waals surface area contributed by atoms with Crippen molar-refractivity contribution in [2.75, 3.05) is 6.61 Å². The van der Waals surface area contributed by atoms with Gasteiger partial charge in [-0.2, -0.15) is 0 Å². The molecular weight excluding hydrogens is 413 g/mol. The molecule has 1 saturated heterocycles. The SMILES string of the molecule is O=P(O)(O)P(=O)(O)P(=O)(O)OC[C@H]1O[C@@H](Cc2ccccc2)[C@H](O)[C@@H]1O. The summed E-state index contributed by atoms with van der Waals surface area (Å²) in [6.07, 6.45) is -4.88. The van der Waals surface area contributed by atoms with Crippen molar-refractivity contribution in [3.8, 4) is 0 Å². The van der Waals surface area contributed by atoms with E-state index in [1.54, 1.807) is 30.3 Å². The van der Waals surface area contributed by atoms with E-state index in [-0.39, 0.29) is 6.42 Å².